The van der Waals surface area contributed by atoms with Crippen LogP contribution in [0.4, 0.5) is 4.39 Å². The summed E-state index contributed by atoms with van der Waals surface area (Å²) in [5.41, 5.74) is -0.970. The third kappa shape index (κ3) is 3.60. The van der Waals surface area contributed by atoms with Crippen LogP contribution in [-0.2, 0) is 11.3 Å². The predicted octanol–water partition coefficient (Wildman–Crippen LogP) is 0.751. The van der Waals surface area contributed by atoms with Gasteiger partial charge in [-0.2, -0.15) is 0 Å². The van der Waals surface area contributed by atoms with Crippen molar-refractivity contribution in [3.05, 3.63) is 35.6 Å². The van der Waals surface area contributed by atoms with E-state index in [0.717, 1.165) is 5.56 Å². The fourth-order valence-corrected chi connectivity index (χ4v) is 1.13. The number of nitrogens with one attached hydrogen (secondary N) is 1. The first-order valence-corrected chi connectivity index (χ1v) is 4.83. The van der Waals surface area contributed by atoms with Gasteiger partial charge in [-0.1, -0.05) is 12.1 Å². The lowest BCUT2D eigenvalue weighted by Crippen LogP contribution is -2.44. The topological polar surface area (TPSA) is 69.6 Å². The maximum atomic E-state index is 12.6. The van der Waals surface area contributed by atoms with Crippen molar-refractivity contribution in [3.63, 3.8) is 0 Å². The molecule has 88 valence electrons. The van der Waals surface area contributed by atoms with Crippen molar-refractivity contribution in [2.45, 2.75) is 19.1 Å². The maximum absolute atomic E-state index is 12.6. The number of rotatable bonds is 5. The highest BCUT2D eigenvalue weighted by Gasteiger charge is 2.28. The van der Waals surface area contributed by atoms with Crippen LogP contribution >= 0.6 is 0 Å². The van der Waals surface area contributed by atoms with Gasteiger partial charge < -0.3 is 15.5 Å². The van der Waals surface area contributed by atoms with Crippen molar-refractivity contribution in [1.29, 1.82) is 0 Å². The molecule has 0 aliphatic heterocycles. The molecule has 1 atom stereocenters. The summed E-state index contributed by atoms with van der Waals surface area (Å²) in [4.78, 5) is 10.6. The van der Waals surface area contributed by atoms with E-state index in [4.69, 9.17) is 5.11 Å². The van der Waals surface area contributed by atoms with Gasteiger partial charge >= 0.3 is 5.97 Å². The van der Waals surface area contributed by atoms with E-state index in [1.807, 2.05) is 0 Å². The number of benzene rings is 1. The Morgan fingerprint density at radius 3 is 2.50 bits per heavy atom. The normalized spacial score (nSPS) is 14.4. The van der Waals surface area contributed by atoms with Crippen LogP contribution in [0.3, 0.4) is 0 Å². The van der Waals surface area contributed by atoms with Crippen LogP contribution in [0.5, 0.6) is 0 Å². The summed E-state index contributed by atoms with van der Waals surface area (Å²) >= 11 is 0. The van der Waals surface area contributed by atoms with E-state index in [0.29, 0.717) is 6.54 Å². The van der Waals surface area contributed by atoms with Gasteiger partial charge in [-0.3, -0.25) is 0 Å². The van der Waals surface area contributed by atoms with Crippen molar-refractivity contribution in [3.8, 4) is 0 Å². The maximum Gasteiger partial charge on any atom is 0.336 e. The Bertz CT molecular complexity index is 362. The SMILES string of the molecule is CC(O)(CNCc1ccc(F)cc1)C(=O)O. The molecule has 3 N–H and O–H groups in total. The number of halogens is 1. The minimum atomic E-state index is -1.79. The van der Waals surface area contributed by atoms with Crippen molar-refractivity contribution in [2.75, 3.05) is 6.54 Å². The molecule has 0 heterocycles. The van der Waals surface area contributed by atoms with Gasteiger partial charge in [-0.25, -0.2) is 9.18 Å². The minimum Gasteiger partial charge on any atom is -0.479 e. The summed E-state index contributed by atoms with van der Waals surface area (Å²) < 4.78 is 12.6. The van der Waals surface area contributed by atoms with Gasteiger partial charge in [0.25, 0.3) is 0 Å². The molecule has 0 spiro atoms. The number of carboxylic acid groups (broad SMARTS) is 1. The van der Waals surface area contributed by atoms with Crippen LogP contribution in [0, 0.1) is 5.82 Å². The van der Waals surface area contributed by atoms with E-state index in [1.165, 1.54) is 19.1 Å². The van der Waals surface area contributed by atoms with Gasteiger partial charge in [0.15, 0.2) is 5.60 Å². The zero-order chi connectivity index (χ0) is 12.2. The average Bonchev–Trinajstić information content (AvgIpc) is 2.20. The lowest BCUT2D eigenvalue weighted by Gasteiger charge is -2.18. The molecule has 1 rings (SSSR count). The molecule has 1 aromatic carbocycles. The van der Waals surface area contributed by atoms with Crippen molar-refractivity contribution < 1.29 is 19.4 Å². The van der Waals surface area contributed by atoms with E-state index < -0.39 is 11.6 Å². The molecule has 16 heavy (non-hydrogen) atoms. The van der Waals surface area contributed by atoms with E-state index in [9.17, 15) is 14.3 Å². The molecule has 0 bridgehead atoms. The first-order valence-electron chi connectivity index (χ1n) is 4.83. The van der Waals surface area contributed by atoms with E-state index >= 15 is 0 Å². The highest BCUT2D eigenvalue weighted by atomic mass is 19.1. The third-order valence-corrected chi connectivity index (χ3v) is 2.17. The Hall–Kier alpha value is -1.46. The second kappa shape index (κ2) is 5.05. The zero-order valence-electron chi connectivity index (χ0n) is 8.90. The molecule has 0 aliphatic carbocycles. The molecule has 1 unspecified atom stereocenters. The van der Waals surface area contributed by atoms with Gasteiger partial charge in [0.1, 0.15) is 5.82 Å². The molecule has 0 saturated heterocycles. The van der Waals surface area contributed by atoms with Crippen LogP contribution in [-0.4, -0.2) is 28.3 Å². The summed E-state index contributed by atoms with van der Waals surface area (Å²) in [7, 11) is 0. The number of aliphatic hydroxyl groups is 1. The first-order chi connectivity index (χ1) is 7.42. The number of carboxylic acids is 1. The smallest absolute Gasteiger partial charge is 0.336 e. The summed E-state index contributed by atoms with van der Waals surface area (Å²) in [5.74, 6) is -1.60. The first kappa shape index (κ1) is 12.6. The van der Waals surface area contributed by atoms with Gasteiger partial charge in [-0.15, -0.1) is 0 Å². The molecule has 1 aromatic rings. The number of hydrogen-bond acceptors (Lipinski definition) is 3. The van der Waals surface area contributed by atoms with E-state index in [-0.39, 0.29) is 12.4 Å². The molecule has 0 amide bonds. The summed E-state index contributed by atoms with van der Waals surface area (Å²) in [6.45, 7) is 1.52. The summed E-state index contributed by atoms with van der Waals surface area (Å²) in [5, 5.41) is 20.8. The van der Waals surface area contributed by atoms with Crippen LogP contribution in [0.2, 0.25) is 0 Å². The fraction of sp³-hybridized carbons (Fsp3) is 0.364. The predicted molar refractivity (Wildman–Crippen MR) is 56.4 cm³/mol. The Morgan fingerprint density at radius 1 is 1.44 bits per heavy atom. The fourth-order valence-electron chi connectivity index (χ4n) is 1.13. The molecular weight excluding hydrogens is 213 g/mol. The van der Waals surface area contributed by atoms with Crippen LogP contribution in [0.25, 0.3) is 0 Å². The molecule has 0 saturated carbocycles. The Balaban J connectivity index is 2.41. The summed E-state index contributed by atoms with van der Waals surface area (Å²) in [6, 6.07) is 5.84. The van der Waals surface area contributed by atoms with Crippen molar-refractivity contribution >= 4 is 5.97 Å². The van der Waals surface area contributed by atoms with Gasteiger partial charge in [0.05, 0.1) is 0 Å². The molecule has 0 fully saturated rings. The Kier molecular flexibility index (Phi) is 3.98. The van der Waals surface area contributed by atoms with Gasteiger partial charge in [0, 0.05) is 13.1 Å². The highest BCUT2D eigenvalue weighted by molar-refractivity contribution is 5.76. The zero-order valence-corrected chi connectivity index (χ0v) is 8.90. The van der Waals surface area contributed by atoms with Crippen molar-refractivity contribution in [1.82, 2.24) is 5.32 Å². The molecule has 0 radical (unpaired) electrons. The van der Waals surface area contributed by atoms with Gasteiger partial charge in [-0.05, 0) is 24.6 Å². The average molecular weight is 227 g/mol. The lowest BCUT2D eigenvalue weighted by atomic mass is 10.1. The van der Waals surface area contributed by atoms with Crippen molar-refractivity contribution in [2.24, 2.45) is 0 Å². The molecule has 0 aliphatic rings. The second-order valence-corrected chi connectivity index (χ2v) is 3.81. The summed E-state index contributed by atoms with van der Waals surface area (Å²) in [6.07, 6.45) is 0. The standard InChI is InChI=1S/C11H14FNO3/c1-11(16,10(14)15)7-13-6-8-2-4-9(12)5-3-8/h2-5,13,16H,6-7H2,1H3,(H,14,15). The number of hydrogen-bond donors (Lipinski definition) is 3. The monoisotopic (exact) mass is 227 g/mol. The molecule has 0 aromatic heterocycles. The quantitative estimate of drug-likeness (QED) is 0.694. The lowest BCUT2D eigenvalue weighted by molar-refractivity contribution is -0.156. The van der Waals surface area contributed by atoms with Gasteiger partial charge in [0.2, 0.25) is 0 Å². The number of carbonyl (C=O) groups is 1. The number of aliphatic carboxylic acids is 1. The third-order valence-electron chi connectivity index (χ3n) is 2.17. The second-order valence-electron chi connectivity index (χ2n) is 3.81. The minimum absolute atomic E-state index is 0.0697. The Morgan fingerprint density at radius 2 is 2.00 bits per heavy atom. The van der Waals surface area contributed by atoms with E-state index in [2.05, 4.69) is 5.32 Å². The largest absolute Gasteiger partial charge is 0.479 e. The van der Waals surface area contributed by atoms with E-state index in [1.54, 1.807) is 12.1 Å². The molecule has 4 nitrogen and oxygen atoms in total. The molecule has 5 heteroatoms. The highest BCUT2D eigenvalue weighted by Crippen LogP contribution is 2.04. The molecular formula is C11H14FNO3. The van der Waals surface area contributed by atoms with Crippen LogP contribution < -0.4 is 5.32 Å². The van der Waals surface area contributed by atoms with Crippen LogP contribution in [0.1, 0.15) is 12.5 Å². The van der Waals surface area contributed by atoms with Crippen LogP contribution in [0.15, 0.2) is 24.3 Å². The Labute approximate surface area is 92.7 Å².